The summed E-state index contributed by atoms with van der Waals surface area (Å²) in [4.78, 5) is 31.0. The number of nitrogens with zero attached hydrogens (tertiary/aromatic N) is 1. The summed E-state index contributed by atoms with van der Waals surface area (Å²) < 4.78 is 44.7. The summed E-state index contributed by atoms with van der Waals surface area (Å²) in [6.45, 7) is -0.463. The average Bonchev–Trinajstić information content (AvgIpc) is 3.13. The van der Waals surface area contributed by atoms with Crippen molar-refractivity contribution in [2.24, 2.45) is 0 Å². The molecule has 3 N–H and O–H groups in total. The first-order valence-electron chi connectivity index (χ1n) is 8.24. The molecule has 0 aliphatic rings. The van der Waals surface area contributed by atoms with Crippen LogP contribution in [0.3, 0.4) is 0 Å². The van der Waals surface area contributed by atoms with Gasteiger partial charge >= 0.3 is 0 Å². The van der Waals surface area contributed by atoms with Crippen LogP contribution >= 0.6 is 11.8 Å². The van der Waals surface area contributed by atoms with Crippen LogP contribution in [0.1, 0.15) is 0 Å². The molecule has 0 bridgehead atoms. The molecule has 2 aromatic carbocycles. The molecule has 0 aliphatic heterocycles. The minimum atomic E-state index is -1.69. The lowest BCUT2D eigenvalue weighted by Crippen LogP contribution is -2.34. The molecule has 0 fully saturated rings. The molecular weight excluding hydrogens is 409 g/mol. The lowest BCUT2D eigenvalue weighted by molar-refractivity contribution is -0.122. The van der Waals surface area contributed by atoms with Gasteiger partial charge in [0.15, 0.2) is 22.6 Å². The van der Waals surface area contributed by atoms with E-state index in [1.54, 1.807) is 25.3 Å². The number of nitrogens with one attached hydrogen (secondary N) is 3. The third-order valence-electron chi connectivity index (χ3n) is 3.76. The number of rotatable bonds is 7. The van der Waals surface area contributed by atoms with Crippen LogP contribution in [-0.2, 0) is 9.59 Å². The highest BCUT2D eigenvalue weighted by atomic mass is 32.2. The molecule has 0 spiro atoms. The van der Waals surface area contributed by atoms with Crippen molar-refractivity contribution in [1.29, 1.82) is 0 Å². The summed E-state index contributed by atoms with van der Waals surface area (Å²) in [6, 6.07) is 6.88. The number of fused-ring (bicyclic) bond motifs is 1. The van der Waals surface area contributed by atoms with Gasteiger partial charge in [-0.3, -0.25) is 9.59 Å². The Morgan fingerprint density at radius 2 is 1.93 bits per heavy atom. The number of aromatic amines is 1. The Kier molecular flexibility index (Phi) is 6.27. The number of methoxy groups -OCH3 is 1. The van der Waals surface area contributed by atoms with Crippen molar-refractivity contribution in [3.8, 4) is 5.75 Å². The quantitative estimate of drug-likeness (QED) is 0.400. The predicted molar refractivity (Wildman–Crippen MR) is 101 cm³/mol. The number of aromatic nitrogens is 2. The van der Waals surface area contributed by atoms with Gasteiger partial charge in [0, 0.05) is 6.07 Å². The Bertz CT molecular complexity index is 1070. The first kappa shape index (κ1) is 20.5. The van der Waals surface area contributed by atoms with Crippen LogP contribution < -0.4 is 15.4 Å². The lowest BCUT2D eigenvalue weighted by atomic mass is 10.2. The highest BCUT2D eigenvalue weighted by Crippen LogP contribution is 2.23. The molecule has 2 amide bonds. The van der Waals surface area contributed by atoms with Crippen LogP contribution in [-0.4, -0.2) is 41.2 Å². The smallest absolute Gasteiger partial charge is 0.243 e. The van der Waals surface area contributed by atoms with Gasteiger partial charge in [-0.1, -0.05) is 11.8 Å². The van der Waals surface area contributed by atoms with Crippen molar-refractivity contribution in [2.45, 2.75) is 5.16 Å². The van der Waals surface area contributed by atoms with Crippen molar-refractivity contribution >= 4 is 40.3 Å². The Morgan fingerprint density at radius 1 is 1.14 bits per heavy atom. The standard InChI is InChI=1S/C18H15F3N4O3S/c1-28-9-2-4-11-13(6-9)25-18(24-11)29-8-15(27)22-7-14(26)23-12-5-3-10(19)16(20)17(12)21/h2-6H,7-8H2,1H3,(H,22,27)(H,23,26)(H,24,25). The topological polar surface area (TPSA) is 96.1 Å². The molecule has 0 atom stereocenters. The Labute approximate surface area is 167 Å². The van der Waals surface area contributed by atoms with Crippen LogP contribution in [0.5, 0.6) is 5.75 Å². The van der Waals surface area contributed by atoms with E-state index in [9.17, 15) is 22.8 Å². The Hall–Kier alpha value is -3.21. The number of H-pyrrole nitrogens is 1. The molecule has 3 aromatic rings. The van der Waals surface area contributed by atoms with E-state index < -0.39 is 41.5 Å². The fraction of sp³-hybridized carbons (Fsp3) is 0.167. The molecule has 0 radical (unpaired) electrons. The molecular formula is C18H15F3N4O3S. The van der Waals surface area contributed by atoms with Crippen LogP contribution in [0.25, 0.3) is 11.0 Å². The number of carbonyl (C=O) groups excluding carboxylic acids is 2. The predicted octanol–water partition coefficient (Wildman–Crippen LogP) is 2.84. The van der Waals surface area contributed by atoms with Crippen molar-refractivity contribution in [3.63, 3.8) is 0 Å². The van der Waals surface area contributed by atoms with E-state index >= 15 is 0 Å². The van der Waals surface area contributed by atoms with E-state index in [1.165, 1.54) is 0 Å². The summed E-state index contributed by atoms with van der Waals surface area (Å²) in [5.74, 6) is -5.18. The second-order valence-electron chi connectivity index (χ2n) is 5.76. The molecule has 0 saturated heterocycles. The summed E-state index contributed by atoms with van der Waals surface area (Å²) in [5.41, 5.74) is 0.942. The van der Waals surface area contributed by atoms with E-state index in [2.05, 4.69) is 20.6 Å². The number of ether oxygens (including phenoxy) is 1. The van der Waals surface area contributed by atoms with Gasteiger partial charge in [0.25, 0.3) is 0 Å². The second kappa shape index (κ2) is 8.86. The number of hydrogen-bond donors (Lipinski definition) is 3. The highest BCUT2D eigenvalue weighted by molar-refractivity contribution is 7.99. The molecule has 11 heteroatoms. The Balaban J connectivity index is 1.48. The molecule has 29 heavy (non-hydrogen) atoms. The summed E-state index contributed by atoms with van der Waals surface area (Å²) >= 11 is 1.13. The zero-order chi connectivity index (χ0) is 21.0. The first-order chi connectivity index (χ1) is 13.9. The van der Waals surface area contributed by atoms with Gasteiger partial charge in [0.1, 0.15) is 5.75 Å². The van der Waals surface area contributed by atoms with Crippen molar-refractivity contribution in [3.05, 3.63) is 47.8 Å². The van der Waals surface area contributed by atoms with Gasteiger partial charge in [-0.2, -0.15) is 0 Å². The third-order valence-corrected chi connectivity index (χ3v) is 4.64. The van der Waals surface area contributed by atoms with Gasteiger partial charge in [0.2, 0.25) is 11.8 Å². The number of halogens is 3. The Morgan fingerprint density at radius 3 is 2.69 bits per heavy atom. The van der Waals surface area contributed by atoms with Gasteiger partial charge in [-0.25, -0.2) is 18.2 Å². The van der Waals surface area contributed by atoms with E-state index in [4.69, 9.17) is 4.74 Å². The molecule has 0 saturated carbocycles. The average molecular weight is 424 g/mol. The third kappa shape index (κ3) is 4.99. The largest absolute Gasteiger partial charge is 0.497 e. The van der Waals surface area contributed by atoms with Crippen LogP contribution in [0.4, 0.5) is 18.9 Å². The van der Waals surface area contributed by atoms with Crippen LogP contribution in [0.15, 0.2) is 35.5 Å². The molecule has 1 heterocycles. The van der Waals surface area contributed by atoms with Crippen molar-refractivity contribution in [2.75, 3.05) is 24.7 Å². The second-order valence-corrected chi connectivity index (χ2v) is 6.73. The zero-order valence-corrected chi connectivity index (χ0v) is 15.8. The fourth-order valence-corrected chi connectivity index (χ4v) is 3.06. The number of amides is 2. The van der Waals surface area contributed by atoms with Gasteiger partial charge < -0.3 is 20.4 Å². The van der Waals surface area contributed by atoms with Crippen LogP contribution in [0.2, 0.25) is 0 Å². The van der Waals surface area contributed by atoms with E-state index in [0.717, 1.165) is 23.3 Å². The maximum absolute atomic E-state index is 13.5. The van der Waals surface area contributed by atoms with Crippen LogP contribution in [0, 0.1) is 17.5 Å². The van der Waals surface area contributed by atoms with E-state index in [1.807, 2.05) is 0 Å². The van der Waals surface area contributed by atoms with Gasteiger partial charge in [-0.15, -0.1) is 0 Å². The molecule has 3 rings (SSSR count). The minimum absolute atomic E-state index is 0.0240. The lowest BCUT2D eigenvalue weighted by Gasteiger charge is -2.08. The normalized spacial score (nSPS) is 10.8. The van der Waals surface area contributed by atoms with Crippen molar-refractivity contribution in [1.82, 2.24) is 15.3 Å². The maximum atomic E-state index is 13.5. The summed E-state index contributed by atoms with van der Waals surface area (Å²) in [6.07, 6.45) is 0. The molecule has 7 nitrogen and oxygen atoms in total. The number of carbonyl (C=O) groups is 2. The number of anilines is 1. The molecule has 1 aromatic heterocycles. The summed E-state index contributed by atoms with van der Waals surface area (Å²) in [5, 5.41) is 4.92. The maximum Gasteiger partial charge on any atom is 0.243 e. The first-order valence-corrected chi connectivity index (χ1v) is 9.22. The molecule has 0 unspecified atom stereocenters. The number of hydrogen-bond acceptors (Lipinski definition) is 5. The molecule has 152 valence electrons. The van der Waals surface area contributed by atoms with E-state index in [-0.39, 0.29) is 5.75 Å². The van der Waals surface area contributed by atoms with Gasteiger partial charge in [0.05, 0.1) is 36.1 Å². The SMILES string of the molecule is COc1ccc2nc(SCC(=O)NCC(=O)Nc3ccc(F)c(F)c3F)[nH]c2c1. The number of imidazole rings is 1. The van der Waals surface area contributed by atoms with E-state index in [0.29, 0.717) is 22.5 Å². The minimum Gasteiger partial charge on any atom is -0.497 e. The fourth-order valence-electron chi connectivity index (χ4n) is 2.34. The summed E-state index contributed by atoms with van der Waals surface area (Å²) in [7, 11) is 1.55. The zero-order valence-electron chi connectivity index (χ0n) is 15.0. The number of benzene rings is 2. The highest BCUT2D eigenvalue weighted by Gasteiger charge is 2.16. The number of thioether (sulfide) groups is 1. The molecule has 0 aliphatic carbocycles. The van der Waals surface area contributed by atoms with Gasteiger partial charge in [-0.05, 0) is 24.3 Å². The van der Waals surface area contributed by atoms with Crippen molar-refractivity contribution < 1.29 is 27.5 Å². The monoisotopic (exact) mass is 424 g/mol.